The molecule has 0 aliphatic heterocycles. The van der Waals surface area contributed by atoms with Crippen LogP contribution in [0.15, 0.2) is 53.3 Å². The van der Waals surface area contributed by atoms with Gasteiger partial charge in [0.2, 0.25) is 5.95 Å². The summed E-state index contributed by atoms with van der Waals surface area (Å²) in [4.78, 5) is 16.4. The summed E-state index contributed by atoms with van der Waals surface area (Å²) in [6.07, 6.45) is 3.99. The monoisotopic (exact) mass is 485 g/mol. The number of anilines is 1. The van der Waals surface area contributed by atoms with E-state index < -0.39 is 12.2 Å². The molecule has 0 aliphatic carbocycles. The first-order valence-corrected chi connectivity index (χ1v) is 10.4. The van der Waals surface area contributed by atoms with Crippen molar-refractivity contribution < 1.29 is 14.2 Å². The van der Waals surface area contributed by atoms with Crippen LogP contribution in [0.4, 0.5) is 10.3 Å². The summed E-state index contributed by atoms with van der Waals surface area (Å²) >= 11 is 3.45. The van der Waals surface area contributed by atoms with E-state index in [0.717, 1.165) is 26.6 Å². The number of nitrogens with zero attached hydrogens (tertiary/aromatic N) is 3. The van der Waals surface area contributed by atoms with Crippen molar-refractivity contribution in [1.82, 2.24) is 19.9 Å². The quantitative estimate of drug-likeness (QED) is 0.267. The van der Waals surface area contributed by atoms with Gasteiger partial charge in [0.15, 0.2) is 0 Å². The second-order valence-corrected chi connectivity index (χ2v) is 8.29. The van der Waals surface area contributed by atoms with Crippen molar-refractivity contribution in [3.05, 3.63) is 70.3 Å². The smallest absolute Gasteiger partial charge is 0.220 e. The molecule has 4 rings (SSSR count). The Labute approximate surface area is 186 Å². The first-order chi connectivity index (χ1) is 14.9. The molecule has 160 valence electrons. The highest BCUT2D eigenvalue weighted by Gasteiger charge is 2.32. The standard InChI is InChI=1S/C22H21BrFN5O2/c1-22(5-6-31-12-30,13-3-2-4-15(24)7-13)19-9-18(28-21(25)29-19)17-11-27-20-16(17)8-14(23)10-26-20/h2-4,7-11,30H,5-6,12H2,1H3,(H,26,27)(H2,25,28,29). The normalized spacial score (nSPS) is 13.4. The number of aliphatic hydroxyl groups is 1. The van der Waals surface area contributed by atoms with Crippen LogP contribution < -0.4 is 5.73 Å². The fourth-order valence-corrected chi connectivity index (χ4v) is 4.00. The number of aromatic amines is 1. The van der Waals surface area contributed by atoms with Gasteiger partial charge >= 0.3 is 0 Å². The van der Waals surface area contributed by atoms with E-state index in [9.17, 15) is 4.39 Å². The van der Waals surface area contributed by atoms with Crippen molar-refractivity contribution in [2.45, 2.75) is 18.8 Å². The number of hydrogen-bond donors (Lipinski definition) is 3. The van der Waals surface area contributed by atoms with Gasteiger partial charge in [0.05, 0.1) is 18.0 Å². The minimum Gasteiger partial charge on any atom is -0.371 e. The average Bonchev–Trinajstić information content (AvgIpc) is 3.16. The van der Waals surface area contributed by atoms with Gasteiger partial charge in [-0.2, -0.15) is 0 Å². The van der Waals surface area contributed by atoms with Gasteiger partial charge in [-0.1, -0.05) is 12.1 Å². The van der Waals surface area contributed by atoms with Crippen LogP contribution in [-0.2, 0) is 10.2 Å². The number of nitrogens with one attached hydrogen (secondary N) is 1. The number of benzene rings is 1. The van der Waals surface area contributed by atoms with Crippen molar-refractivity contribution in [2.75, 3.05) is 19.1 Å². The Morgan fingerprint density at radius 3 is 2.87 bits per heavy atom. The molecule has 3 aromatic heterocycles. The van der Waals surface area contributed by atoms with Crippen molar-refractivity contribution in [2.24, 2.45) is 0 Å². The number of fused-ring (bicyclic) bond motifs is 1. The number of aromatic nitrogens is 4. The zero-order valence-electron chi connectivity index (χ0n) is 16.8. The van der Waals surface area contributed by atoms with E-state index in [4.69, 9.17) is 15.6 Å². The molecule has 4 N–H and O–H groups in total. The molecule has 0 amide bonds. The minimum absolute atomic E-state index is 0.107. The van der Waals surface area contributed by atoms with E-state index >= 15 is 0 Å². The topological polar surface area (TPSA) is 110 Å². The molecule has 0 radical (unpaired) electrons. The van der Waals surface area contributed by atoms with Crippen LogP contribution in [0.5, 0.6) is 0 Å². The predicted octanol–water partition coefficient (Wildman–Crippen LogP) is 4.17. The molecule has 1 atom stereocenters. The molecule has 0 fully saturated rings. The summed E-state index contributed by atoms with van der Waals surface area (Å²) in [5, 5.41) is 9.93. The number of H-pyrrole nitrogens is 1. The number of rotatable bonds is 7. The molecule has 4 aromatic rings. The van der Waals surface area contributed by atoms with Gasteiger partial charge in [-0.25, -0.2) is 19.3 Å². The Hall–Kier alpha value is -2.88. The molecule has 0 saturated heterocycles. The largest absolute Gasteiger partial charge is 0.371 e. The van der Waals surface area contributed by atoms with Crippen LogP contribution in [0.2, 0.25) is 0 Å². The number of halogens is 2. The van der Waals surface area contributed by atoms with E-state index in [-0.39, 0.29) is 18.4 Å². The first kappa shape index (κ1) is 21.4. The Bertz CT molecular complexity index is 1230. The molecular weight excluding hydrogens is 465 g/mol. The zero-order chi connectivity index (χ0) is 22.0. The SMILES string of the molecule is CC(CCOCO)(c1cccc(F)c1)c1cc(-c2c[nH]c3ncc(Br)cc23)nc(N)n1. The van der Waals surface area contributed by atoms with Gasteiger partial charge < -0.3 is 20.6 Å². The maximum absolute atomic E-state index is 14.1. The van der Waals surface area contributed by atoms with E-state index in [1.165, 1.54) is 12.1 Å². The number of pyridine rings is 1. The lowest BCUT2D eigenvalue weighted by atomic mass is 9.76. The van der Waals surface area contributed by atoms with Crippen LogP contribution >= 0.6 is 15.9 Å². The highest BCUT2D eigenvalue weighted by Crippen LogP contribution is 2.37. The van der Waals surface area contributed by atoms with Crippen LogP contribution in [0.25, 0.3) is 22.3 Å². The fraction of sp³-hybridized carbons (Fsp3) is 0.227. The number of hydrogen-bond acceptors (Lipinski definition) is 6. The lowest BCUT2D eigenvalue weighted by Gasteiger charge is -2.30. The van der Waals surface area contributed by atoms with Gasteiger partial charge in [0, 0.05) is 33.2 Å². The Morgan fingerprint density at radius 1 is 1.26 bits per heavy atom. The summed E-state index contributed by atoms with van der Waals surface area (Å²) in [6.45, 7) is 1.81. The highest BCUT2D eigenvalue weighted by molar-refractivity contribution is 9.10. The molecule has 0 spiro atoms. The maximum Gasteiger partial charge on any atom is 0.220 e. The summed E-state index contributed by atoms with van der Waals surface area (Å²) in [6, 6.07) is 10.2. The molecule has 0 saturated carbocycles. The third kappa shape index (κ3) is 4.30. The molecule has 0 aliphatic rings. The van der Waals surface area contributed by atoms with Gasteiger partial charge in [0.25, 0.3) is 0 Å². The van der Waals surface area contributed by atoms with E-state index in [2.05, 4.69) is 35.9 Å². The van der Waals surface area contributed by atoms with Crippen molar-refractivity contribution in [1.29, 1.82) is 0 Å². The van der Waals surface area contributed by atoms with Crippen molar-refractivity contribution >= 4 is 32.9 Å². The predicted molar refractivity (Wildman–Crippen MR) is 120 cm³/mol. The maximum atomic E-state index is 14.1. The van der Waals surface area contributed by atoms with Gasteiger partial charge in [-0.05, 0) is 59.1 Å². The fourth-order valence-electron chi connectivity index (χ4n) is 3.67. The highest BCUT2D eigenvalue weighted by atomic mass is 79.9. The Morgan fingerprint density at radius 2 is 2.10 bits per heavy atom. The molecule has 31 heavy (non-hydrogen) atoms. The van der Waals surface area contributed by atoms with E-state index in [0.29, 0.717) is 17.8 Å². The van der Waals surface area contributed by atoms with Crippen molar-refractivity contribution in [3.63, 3.8) is 0 Å². The second kappa shape index (κ2) is 8.70. The van der Waals surface area contributed by atoms with Gasteiger partial charge in [0.1, 0.15) is 18.3 Å². The molecule has 0 bridgehead atoms. The lowest BCUT2D eigenvalue weighted by molar-refractivity contribution is -0.00652. The van der Waals surface area contributed by atoms with Crippen LogP contribution in [-0.4, -0.2) is 38.4 Å². The lowest BCUT2D eigenvalue weighted by Crippen LogP contribution is -2.28. The summed E-state index contributed by atoms with van der Waals surface area (Å²) in [7, 11) is 0. The average molecular weight is 486 g/mol. The molecule has 9 heteroatoms. The van der Waals surface area contributed by atoms with Crippen LogP contribution in [0.1, 0.15) is 24.6 Å². The number of aliphatic hydroxyl groups excluding tert-OH is 1. The van der Waals surface area contributed by atoms with Crippen LogP contribution in [0, 0.1) is 5.82 Å². The number of nitrogen functional groups attached to an aromatic ring is 1. The second-order valence-electron chi connectivity index (χ2n) is 7.38. The molecule has 1 aromatic carbocycles. The van der Waals surface area contributed by atoms with Crippen molar-refractivity contribution in [3.8, 4) is 11.3 Å². The molecule has 3 heterocycles. The third-order valence-electron chi connectivity index (χ3n) is 5.38. The molecule has 7 nitrogen and oxygen atoms in total. The number of ether oxygens (including phenoxy) is 1. The summed E-state index contributed by atoms with van der Waals surface area (Å²) in [5.74, 6) is -0.239. The zero-order valence-corrected chi connectivity index (χ0v) is 18.4. The van der Waals surface area contributed by atoms with Gasteiger partial charge in [-0.15, -0.1) is 0 Å². The van der Waals surface area contributed by atoms with E-state index in [1.54, 1.807) is 12.3 Å². The Balaban J connectivity index is 1.86. The molecule has 1 unspecified atom stereocenters. The van der Waals surface area contributed by atoms with E-state index in [1.807, 2.05) is 31.3 Å². The third-order valence-corrected chi connectivity index (χ3v) is 5.82. The van der Waals surface area contributed by atoms with Crippen LogP contribution in [0.3, 0.4) is 0 Å². The summed E-state index contributed by atoms with van der Waals surface area (Å²) in [5.41, 5.74) is 8.89. The summed E-state index contributed by atoms with van der Waals surface area (Å²) < 4.78 is 20.1. The van der Waals surface area contributed by atoms with Gasteiger partial charge in [-0.3, -0.25) is 0 Å². The minimum atomic E-state index is -0.728. The number of nitrogens with two attached hydrogens (primary N) is 1. The molecular formula is C22H21BrFN5O2. The Kier molecular flexibility index (Phi) is 5.99. The first-order valence-electron chi connectivity index (χ1n) is 9.63.